The topological polar surface area (TPSA) is 42.0 Å². The summed E-state index contributed by atoms with van der Waals surface area (Å²) in [5, 5.41) is 5.84. The van der Waals surface area contributed by atoms with Gasteiger partial charge in [-0.3, -0.25) is 4.79 Å². The quantitative estimate of drug-likeness (QED) is 0.904. The van der Waals surface area contributed by atoms with Crippen LogP contribution in [0, 0.1) is 13.8 Å². The monoisotopic (exact) mass is 246 g/mol. The molecule has 3 nitrogen and oxygen atoms in total. The SMILES string of the molecule is Cc1cccc(C(=O)NCc2csc(C)n2)c1. The Bertz CT molecular complexity index is 534. The molecule has 1 amide bonds. The predicted octanol–water partition coefficient (Wildman–Crippen LogP) is 2.69. The van der Waals surface area contributed by atoms with Gasteiger partial charge >= 0.3 is 0 Å². The highest BCUT2D eigenvalue weighted by molar-refractivity contribution is 7.09. The van der Waals surface area contributed by atoms with Crippen molar-refractivity contribution < 1.29 is 4.79 Å². The zero-order chi connectivity index (χ0) is 12.3. The molecule has 0 radical (unpaired) electrons. The summed E-state index contributed by atoms with van der Waals surface area (Å²) in [6.45, 7) is 4.41. The van der Waals surface area contributed by atoms with Crippen LogP contribution in [0.4, 0.5) is 0 Å². The van der Waals surface area contributed by atoms with Crippen LogP contribution in [0.25, 0.3) is 0 Å². The lowest BCUT2D eigenvalue weighted by atomic mass is 10.1. The van der Waals surface area contributed by atoms with E-state index in [1.165, 1.54) is 0 Å². The fraction of sp³-hybridized carbons (Fsp3) is 0.231. The summed E-state index contributed by atoms with van der Waals surface area (Å²) in [5.41, 5.74) is 2.69. The summed E-state index contributed by atoms with van der Waals surface area (Å²) in [4.78, 5) is 16.1. The summed E-state index contributed by atoms with van der Waals surface area (Å²) in [5.74, 6) is -0.0562. The fourth-order valence-corrected chi connectivity index (χ4v) is 2.16. The Kier molecular flexibility index (Phi) is 3.54. The van der Waals surface area contributed by atoms with Crippen molar-refractivity contribution in [2.24, 2.45) is 0 Å². The second-order valence-corrected chi connectivity index (χ2v) is 4.97. The number of hydrogen-bond donors (Lipinski definition) is 1. The third kappa shape index (κ3) is 3.14. The maximum atomic E-state index is 11.8. The zero-order valence-electron chi connectivity index (χ0n) is 9.86. The highest BCUT2D eigenvalue weighted by Gasteiger charge is 2.06. The van der Waals surface area contributed by atoms with Crippen LogP contribution in [0.1, 0.15) is 26.6 Å². The van der Waals surface area contributed by atoms with Crippen LogP contribution in [0.5, 0.6) is 0 Å². The highest BCUT2D eigenvalue weighted by Crippen LogP contribution is 2.08. The fourth-order valence-electron chi connectivity index (χ4n) is 1.55. The van der Waals surface area contributed by atoms with Crippen LogP contribution in [0.15, 0.2) is 29.6 Å². The van der Waals surface area contributed by atoms with Crippen LogP contribution in [0.3, 0.4) is 0 Å². The average Bonchev–Trinajstić information content (AvgIpc) is 2.72. The summed E-state index contributed by atoms with van der Waals surface area (Å²) >= 11 is 1.59. The van der Waals surface area contributed by atoms with E-state index in [0.717, 1.165) is 16.3 Å². The number of nitrogens with one attached hydrogen (secondary N) is 1. The van der Waals surface area contributed by atoms with Crippen molar-refractivity contribution in [2.75, 3.05) is 0 Å². The van der Waals surface area contributed by atoms with E-state index in [1.807, 2.05) is 43.5 Å². The van der Waals surface area contributed by atoms with Crippen LogP contribution in [-0.4, -0.2) is 10.9 Å². The summed E-state index contributed by atoms with van der Waals surface area (Å²) in [6.07, 6.45) is 0. The van der Waals surface area contributed by atoms with Crippen LogP contribution >= 0.6 is 11.3 Å². The first-order valence-electron chi connectivity index (χ1n) is 5.41. The summed E-state index contributed by atoms with van der Waals surface area (Å²) < 4.78 is 0. The number of benzene rings is 1. The van der Waals surface area contributed by atoms with Crippen molar-refractivity contribution in [1.29, 1.82) is 0 Å². The summed E-state index contributed by atoms with van der Waals surface area (Å²) in [7, 11) is 0. The summed E-state index contributed by atoms with van der Waals surface area (Å²) in [6, 6.07) is 7.55. The number of nitrogens with zero attached hydrogens (tertiary/aromatic N) is 1. The Labute approximate surface area is 105 Å². The number of amides is 1. The lowest BCUT2D eigenvalue weighted by Crippen LogP contribution is -2.22. The maximum absolute atomic E-state index is 11.8. The van der Waals surface area contributed by atoms with Crippen molar-refractivity contribution >= 4 is 17.2 Å². The van der Waals surface area contributed by atoms with Gasteiger partial charge in [0.05, 0.1) is 17.2 Å². The van der Waals surface area contributed by atoms with Gasteiger partial charge in [-0.15, -0.1) is 11.3 Å². The molecule has 1 aromatic heterocycles. The molecule has 0 bridgehead atoms. The minimum Gasteiger partial charge on any atom is -0.346 e. The Morgan fingerprint density at radius 1 is 1.41 bits per heavy atom. The first-order chi connectivity index (χ1) is 8.15. The Morgan fingerprint density at radius 3 is 2.88 bits per heavy atom. The minimum absolute atomic E-state index is 0.0562. The molecule has 2 aromatic rings. The van der Waals surface area contributed by atoms with E-state index in [2.05, 4.69) is 10.3 Å². The van der Waals surface area contributed by atoms with Gasteiger partial charge in [-0.2, -0.15) is 0 Å². The van der Waals surface area contributed by atoms with Crippen LogP contribution < -0.4 is 5.32 Å². The van der Waals surface area contributed by atoms with Gasteiger partial charge in [0.25, 0.3) is 5.91 Å². The largest absolute Gasteiger partial charge is 0.346 e. The molecule has 88 valence electrons. The van der Waals surface area contributed by atoms with Gasteiger partial charge < -0.3 is 5.32 Å². The van der Waals surface area contributed by atoms with Crippen molar-refractivity contribution in [3.63, 3.8) is 0 Å². The van der Waals surface area contributed by atoms with E-state index >= 15 is 0 Å². The molecule has 0 fully saturated rings. The molecule has 0 unspecified atom stereocenters. The number of aryl methyl sites for hydroxylation is 2. The lowest BCUT2D eigenvalue weighted by Gasteiger charge is -2.03. The van der Waals surface area contributed by atoms with Crippen LogP contribution in [0.2, 0.25) is 0 Å². The number of rotatable bonds is 3. The van der Waals surface area contributed by atoms with E-state index in [1.54, 1.807) is 11.3 Å². The Hall–Kier alpha value is -1.68. The van der Waals surface area contributed by atoms with E-state index < -0.39 is 0 Å². The van der Waals surface area contributed by atoms with Gasteiger partial charge in [0.1, 0.15) is 0 Å². The molecule has 0 spiro atoms. The zero-order valence-corrected chi connectivity index (χ0v) is 10.7. The van der Waals surface area contributed by atoms with Gasteiger partial charge in [-0.05, 0) is 26.0 Å². The predicted molar refractivity (Wildman–Crippen MR) is 69.2 cm³/mol. The number of carbonyl (C=O) groups is 1. The number of thiazole rings is 1. The number of hydrogen-bond acceptors (Lipinski definition) is 3. The van der Waals surface area contributed by atoms with E-state index in [9.17, 15) is 4.79 Å². The second kappa shape index (κ2) is 5.10. The molecule has 0 aliphatic heterocycles. The molecule has 1 aromatic carbocycles. The van der Waals surface area contributed by atoms with Crippen LogP contribution in [-0.2, 0) is 6.54 Å². The maximum Gasteiger partial charge on any atom is 0.251 e. The van der Waals surface area contributed by atoms with E-state index in [0.29, 0.717) is 12.1 Å². The normalized spacial score (nSPS) is 10.2. The van der Waals surface area contributed by atoms with E-state index in [4.69, 9.17) is 0 Å². The lowest BCUT2D eigenvalue weighted by molar-refractivity contribution is 0.0950. The minimum atomic E-state index is -0.0562. The first-order valence-corrected chi connectivity index (χ1v) is 6.29. The van der Waals surface area contributed by atoms with E-state index in [-0.39, 0.29) is 5.91 Å². The molecule has 0 aliphatic carbocycles. The molecular weight excluding hydrogens is 232 g/mol. The highest BCUT2D eigenvalue weighted by atomic mass is 32.1. The molecule has 0 aliphatic rings. The third-order valence-corrected chi connectivity index (χ3v) is 3.20. The molecule has 0 saturated carbocycles. The molecule has 1 N–H and O–H groups in total. The number of carbonyl (C=O) groups excluding carboxylic acids is 1. The second-order valence-electron chi connectivity index (χ2n) is 3.91. The molecule has 1 heterocycles. The standard InChI is InChI=1S/C13H14N2OS/c1-9-4-3-5-11(6-9)13(16)14-7-12-8-17-10(2)15-12/h3-6,8H,7H2,1-2H3,(H,14,16). The number of aromatic nitrogens is 1. The smallest absolute Gasteiger partial charge is 0.251 e. The van der Waals surface area contributed by atoms with Gasteiger partial charge in [-0.25, -0.2) is 4.98 Å². The molecule has 0 atom stereocenters. The Balaban J connectivity index is 1.98. The first kappa shape index (κ1) is 11.8. The van der Waals surface area contributed by atoms with Gasteiger partial charge in [0.2, 0.25) is 0 Å². The van der Waals surface area contributed by atoms with Gasteiger partial charge in [-0.1, -0.05) is 17.7 Å². The third-order valence-electron chi connectivity index (χ3n) is 2.38. The average molecular weight is 246 g/mol. The molecular formula is C13H14N2OS. The molecule has 4 heteroatoms. The van der Waals surface area contributed by atoms with Gasteiger partial charge in [0, 0.05) is 10.9 Å². The van der Waals surface area contributed by atoms with Crippen molar-refractivity contribution in [3.05, 3.63) is 51.5 Å². The van der Waals surface area contributed by atoms with Crippen molar-refractivity contribution in [1.82, 2.24) is 10.3 Å². The Morgan fingerprint density at radius 2 is 2.24 bits per heavy atom. The van der Waals surface area contributed by atoms with Crippen molar-refractivity contribution in [3.8, 4) is 0 Å². The molecule has 2 rings (SSSR count). The molecule has 0 saturated heterocycles. The molecule has 17 heavy (non-hydrogen) atoms. The van der Waals surface area contributed by atoms with Crippen molar-refractivity contribution in [2.45, 2.75) is 20.4 Å². The van der Waals surface area contributed by atoms with Gasteiger partial charge in [0.15, 0.2) is 0 Å².